The molecule has 2 nitrogen and oxygen atoms in total. The number of amides is 1. The standard InChI is InChI=1S/C15H25NOS/c17-14(10-15(11-18)7-8-15)16-9-3-5-12-4-1-2-6-13(12)16/h12-13,18H,1-11H2. The van der Waals surface area contributed by atoms with Crippen LogP contribution in [0.2, 0.25) is 0 Å². The van der Waals surface area contributed by atoms with Crippen LogP contribution in [0.4, 0.5) is 0 Å². The third-order valence-corrected chi connectivity index (χ3v) is 6.05. The van der Waals surface area contributed by atoms with Crippen molar-refractivity contribution in [2.45, 2.75) is 63.8 Å². The van der Waals surface area contributed by atoms with Gasteiger partial charge >= 0.3 is 0 Å². The molecule has 0 bridgehead atoms. The second kappa shape index (κ2) is 5.07. The number of carbonyl (C=O) groups is 1. The number of rotatable bonds is 3. The van der Waals surface area contributed by atoms with E-state index >= 15 is 0 Å². The summed E-state index contributed by atoms with van der Waals surface area (Å²) in [7, 11) is 0. The molecule has 3 fully saturated rings. The summed E-state index contributed by atoms with van der Waals surface area (Å²) >= 11 is 4.42. The van der Waals surface area contributed by atoms with Crippen molar-refractivity contribution in [3.63, 3.8) is 0 Å². The second-order valence-corrected chi connectivity index (χ2v) is 6.99. The lowest BCUT2D eigenvalue weighted by atomic mass is 9.78. The van der Waals surface area contributed by atoms with Crippen LogP contribution in [0, 0.1) is 11.3 Å². The molecule has 0 aromatic carbocycles. The number of nitrogens with zero attached hydrogens (tertiary/aromatic N) is 1. The minimum Gasteiger partial charge on any atom is -0.339 e. The zero-order chi connectivity index (χ0) is 12.6. The third kappa shape index (κ3) is 2.43. The SMILES string of the molecule is O=C(CC1(CS)CC1)N1CCCC2CCCCC21. The predicted molar refractivity (Wildman–Crippen MR) is 76.8 cm³/mol. The van der Waals surface area contributed by atoms with Crippen molar-refractivity contribution in [2.75, 3.05) is 12.3 Å². The number of hydrogen-bond donors (Lipinski definition) is 1. The average molecular weight is 267 g/mol. The molecule has 18 heavy (non-hydrogen) atoms. The van der Waals surface area contributed by atoms with Crippen LogP contribution < -0.4 is 0 Å². The molecule has 2 aliphatic carbocycles. The molecule has 0 radical (unpaired) electrons. The largest absolute Gasteiger partial charge is 0.339 e. The lowest BCUT2D eigenvalue weighted by Gasteiger charge is -2.44. The minimum atomic E-state index is 0.280. The first kappa shape index (κ1) is 12.8. The molecule has 1 aliphatic heterocycles. The molecule has 2 unspecified atom stereocenters. The lowest BCUT2D eigenvalue weighted by molar-refractivity contribution is -0.138. The molecule has 3 aliphatic rings. The minimum absolute atomic E-state index is 0.280. The smallest absolute Gasteiger partial charge is 0.223 e. The van der Waals surface area contributed by atoms with Crippen molar-refractivity contribution in [3.8, 4) is 0 Å². The van der Waals surface area contributed by atoms with Crippen LogP contribution in [0.3, 0.4) is 0 Å². The highest BCUT2D eigenvalue weighted by Crippen LogP contribution is 2.50. The quantitative estimate of drug-likeness (QED) is 0.778. The molecular formula is C15H25NOS. The Morgan fingerprint density at radius 2 is 1.89 bits per heavy atom. The number of carbonyl (C=O) groups excluding carboxylic acids is 1. The number of likely N-dealkylation sites (tertiary alicyclic amines) is 1. The summed E-state index contributed by atoms with van der Waals surface area (Å²) in [5, 5.41) is 0. The van der Waals surface area contributed by atoms with Gasteiger partial charge in [0.05, 0.1) is 0 Å². The van der Waals surface area contributed by atoms with Gasteiger partial charge in [-0.2, -0.15) is 12.6 Å². The molecular weight excluding hydrogens is 242 g/mol. The van der Waals surface area contributed by atoms with Crippen molar-refractivity contribution in [2.24, 2.45) is 11.3 Å². The van der Waals surface area contributed by atoms with Gasteiger partial charge in [-0.25, -0.2) is 0 Å². The summed E-state index contributed by atoms with van der Waals surface area (Å²) in [6.07, 6.45) is 11.1. The summed E-state index contributed by atoms with van der Waals surface area (Å²) in [4.78, 5) is 14.8. The highest BCUT2D eigenvalue weighted by molar-refractivity contribution is 7.80. The van der Waals surface area contributed by atoms with E-state index in [2.05, 4.69) is 17.5 Å². The summed E-state index contributed by atoms with van der Waals surface area (Å²) in [5.41, 5.74) is 0.280. The number of hydrogen-bond acceptors (Lipinski definition) is 2. The Hall–Kier alpha value is -0.180. The van der Waals surface area contributed by atoms with Gasteiger partial charge < -0.3 is 4.90 Å². The summed E-state index contributed by atoms with van der Waals surface area (Å²) in [5.74, 6) is 2.13. The first-order valence-corrected chi connectivity index (χ1v) is 8.28. The Morgan fingerprint density at radius 1 is 1.17 bits per heavy atom. The van der Waals surface area contributed by atoms with E-state index in [1.54, 1.807) is 0 Å². The van der Waals surface area contributed by atoms with Crippen LogP contribution in [-0.4, -0.2) is 29.1 Å². The molecule has 0 aromatic rings. The molecule has 2 saturated carbocycles. The normalized spacial score (nSPS) is 33.9. The maximum absolute atomic E-state index is 12.6. The highest BCUT2D eigenvalue weighted by atomic mass is 32.1. The fourth-order valence-electron chi connectivity index (χ4n) is 3.92. The molecule has 0 spiro atoms. The van der Waals surface area contributed by atoms with Crippen molar-refractivity contribution in [3.05, 3.63) is 0 Å². The fourth-order valence-corrected chi connectivity index (χ4v) is 4.35. The zero-order valence-corrected chi connectivity index (χ0v) is 12.1. The maximum atomic E-state index is 12.6. The van der Waals surface area contributed by atoms with E-state index in [0.717, 1.165) is 24.6 Å². The zero-order valence-electron chi connectivity index (χ0n) is 11.2. The monoisotopic (exact) mass is 267 g/mol. The number of thiol groups is 1. The molecule has 3 heteroatoms. The fraction of sp³-hybridized carbons (Fsp3) is 0.933. The Kier molecular flexibility index (Phi) is 3.61. The first-order chi connectivity index (χ1) is 8.74. The Morgan fingerprint density at radius 3 is 2.61 bits per heavy atom. The molecule has 0 N–H and O–H groups in total. The van der Waals surface area contributed by atoms with Crippen molar-refractivity contribution in [1.29, 1.82) is 0 Å². The number of piperidine rings is 1. The molecule has 1 saturated heterocycles. The summed E-state index contributed by atoms with van der Waals surface area (Å²) < 4.78 is 0. The topological polar surface area (TPSA) is 20.3 Å². The van der Waals surface area contributed by atoms with Gasteiger partial charge in [0, 0.05) is 19.0 Å². The summed E-state index contributed by atoms with van der Waals surface area (Å²) in [6.45, 7) is 1.02. The molecule has 102 valence electrons. The average Bonchev–Trinajstić information content (AvgIpc) is 3.18. The Balaban J connectivity index is 1.64. The number of fused-ring (bicyclic) bond motifs is 1. The van der Waals surface area contributed by atoms with E-state index in [1.165, 1.54) is 51.4 Å². The molecule has 2 atom stereocenters. The highest BCUT2D eigenvalue weighted by Gasteiger charge is 2.45. The van der Waals surface area contributed by atoms with Crippen LogP contribution in [0.5, 0.6) is 0 Å². The van der Waals surface area contributed by atoms with Crippen LogP contribution in [0.1, 0.15) is 57.8 Å². The lowest BCUT2D eigenvalue weighted by Crippen LogP contribution is -2.50. The van der Waals surface area contributed by atoms with E-state index in [1.807, 2.05) is 0 Å². The predicted octanol–water partition coefficient (Wildman–Crippen LogP) is 3.27. The van der Waals surface area contributed by atoms with Crippen LogP contribution >= 0.6 is 12.6 Å². The van der Waals surface area contributed by atoms with Crippen LogP contribution in [-0.2, 0) is 4.79 Å². The molecule has 1 heterocycles. The van der Waals surface area contributed by atoms with E-state index in [4.69, 9.17) is 0 Å². The van der Waals surface area contributed by atoms with Crippen molar-refractivity contribution in [1.82, 2.24) is 4.90 Å². The third-order valence-electron chi connectivity index (χ3n) is 5.38. The molecule has 3 rings (SSSR count). The van der Waals surface area contributed by atoms with Gasteiger partial charge in [-0.05, 0) is 55.6 Å². The van der Waals surface area contributed by atoms with Crippen LogP contribution in [0.15, 0.2) is 0 Å². The Labute approximate surface area is 116 Å². The van der Waals surface area contributed by atoms with Gasteiger partial charge in [-0.1, -0.05) is 12.8 Å². The van der Waals surface area contributed by atoms with Gasteiger partial charge in [0.25, 0.3) is 0 Å². The van der Waals surface area contributed by atoms with Gasteiger partial charge in [0.15, 0.2) is 0 Å². The molecule has 1 amide bonds. The maximum Gasteiger partial charge on any atom is 0.223 e. The van der Waals surface area contributed by atoms with E-state index < -0.39 is 0 Å². The van der Waals surface area contributed by atoms with Gasteiger partial charge in [0.1, 0.15) is 0 Å². The van der Waals surface area contributed by atoms with E-state index in [-0.39, 0.29) is 5.41 Å². The van der Waals surface area contributed by atoms with E-state index in [0.29, 0.717) is 11.9 Å². The van der Waals surface area contributed by atoms with Gasteiger partial charge in [-0.3, -0.25) is 4.79 Å². The van der Waals surface area contributed by atoms with Crippen LogP contribution in [0.25, 0.3) is 0 Å². The second-order valence-electron chi connectivity index (χ2n) is 6.68. The first-order valence-electron chi connectivity index (χ1n) is 7.64. The summed E-state index contributed by atoms with van der Waals surface area (Å²) in [6, 6.07) is 0.579. The van der Waals surface area contributed by atoms with Gasteiger partial charge in [0.2, 0.25) is 5.91 Å². The van der Waals surface area contributed by atoms with Crippen molar-refractivity contribution >= 4 is 18.5 Å². The van der Waals surface area contributed by atoms with Crippen molar-refractivity contribution < 1.29 is 4.79 Å². The molecule has 0 aromatic heterocycles. The van der Waals surface area contributed by atoms with E-state index in [9.17, 15) is 4.79 Å². The Bertz CT molecular complexity index is 324. The van der Waals surface area contributed by atoms with Gasteiger partial charge in [-0.15, -0.1) is 0 Å².